The van der Waals surface area contributed by atoms with Gasteiger partial charge >= 0.3 is 5.97 Å². The van der Waals surface area contributed by atoms with Gasteiger partial charge in [0.25, 0.3) is 5.91 Å². The number of amides is 2. The number of carbonyl (C=O) groups excluding carboxylic acids is 3. The molecule has 1 unspecified atom stereocenters. The zero-order chi connectivity index (χ0) is 21.5. The van der Waals surface area contributed by atoms with E-state index in [0.717, 1.165) is 16.8 Å². The highest BCUT2D eigenvalue weighted by molar-refractivity contribution is 5.94. The molecule has 0 aromatic heterocycles. The number of carbonyl (C=O) groups is 3. The molecule has 0 radical (unpaired) electrons. The fourth-order valence-corrected chi connectivity index (χ4v) is 3.00. The first-order valence-corrected chi connectivity index (χ1v) is 9.68. The predicted octanol–water partition coefficient (Wildman–Crippen LogP) is 2.38. The molecule has 1 aliphatic heterocycles. The van der Waals surface area contributed by atoms with Crippen molar-refractivity contribution in [1.82, 2.24) is 5.32 Å². The number of esters is 1. The minimum atomic E-state index is -0.965. The summed E-state index contributed by atoms with van der Waals surface area (Å²) in [6.07, 6.45) is 0.590. The van der Waals surface area contributed by atoms with Crippen LogP contribution < -0.4 is 15.4 Å². The van der Waals surface area contributed by atoms with E-state index < -0.39 is 18.0 Å². The van der Waals surface area contributed by atoms with Crippen molar-refractivity contribution in [3.05, 3.63) is 59.4 Å². The van der Waals surface area contributed by atoms with Crippen LogP contribution in [0.1, 0.15) is 24.5 Å². The summed E-state index contributed by atoms with van der Waals surface area (Å²) in [5.41, 5.74) is 2.57. The summed E-state index contributed by atoms with van der Waals surface area (Å²) in [6.45, 7) is 1.49. The lowest BCUT2D eigenvalue weighted by Crippen LogP contribution is -2.37. The molecule has 0 fully saturated rings. The number of ether oxygens (including phenoxy) is 2. The number of nitrogens with one attached hydrogen (secondary N) is 2. The number of halogens is 1. The molecule has 1 heterocycles. The molecule has 0 saturated carbocycles. The molecule has 1 atom stereocenters. The van der Waals surface area contributed by atoms with Gasteiger partial charge in [-0.25, -0.2) is 9.18 Å². The summed E-state index contributed by atoms with van der Waals surface area (Å²) >= 11 is 0. The highest BCUT2D eigenvalue weighted by atomic mass is 19.1. The van der Waals surface area contributed by atoms with Crippen molar-refractivity contribution in [3.63, 3.8) is 0 Å². The van der Waals surface area contributed by atoms with Crippen LogP contribution in [-0.2, 0) is 32.0 Å². The third-order valence-electron chi connectivity index (χ3n) is 4.63. The summed E-state index contributed by atoms with van der Waals surface area (Å²) in [5.74, 6) is -0.937. The van der Waals surface area contributed by atoms with Gasteiger partial charge in [-0.1, -0.05) is 12.1 Å². The predicted molar refractivity (Wildman–Crippen MR) is 108 cm³/mol. The maximum absolute atomic E-state index is 12.9. The van der Waals surface area contributed by atoms with E-state index in [0.29, 0.717) is 31.6 Å². The number of aryl methyl sites for hydroxylation is 1. The van der Waals surface area contributed by atoms with Gasteiger partial charge in [-0.05, 0) is 61.2 Å². The quantitative estimate of drug-likeness (QED) is 0.647. The van der Waals surface area contributed by atoms with Gasteiger partial charge in [0, 0.05) is 18.7 Å². The second kappa shape index (κ2) is 9.87. The van der Waals surface area contributed by atoms with E-state index in [1.165, 1.54) is 19.1 Å². The molecule has 7 nitrogen and oxygen atoms in total. The Labute approximate surface area is 173 Å². The summed E-state index contributed by atoms with van der Waals surface area (Å²) in [7, 11) is 0. The standard InChI is InChI=1S/C22H23FN2O5/c1-14(22(28)24-11-10-15-2-5-17(23)6-3-15)30-21(27)13-29-18-7-8-19-16(12-18)4-9-20(26)25-19/h2-3,5-8,12,14H,4,9-11,13H2,1H3,(H,24,28)(H,25,26). The maximum atomic E-state index is 12.9. The normalized spacial score (nSPS) is 13.6. The molecule has 30 heavy (non-hydrogen) atoms. The van der Waals surface area contributed by atoms with Crippen LogP contribution in [0.2, 0.25) is 0 Å². The molecule has 0 aliphatic carbocycles. The maximum Gasteiger partial charge on any atom is 0.344 e. The second-order valence-electron chi connectivity index (χ2n) is 6.96. The highest BCUT2D eigenvalue weighted by Gasteiger charge is 2.19. The molecule has 0 saturated heterocycles. The van der Waals surface area contributed by atoms with Crippen LogP contribution in [0.5, 0.6) is 5.75 Å². The molecule has 2 aromatic carbocycles. The molecule has 3 rings (SSSR count). The Bertz CT molecular complexity index is 930. The molecule has 0 spiro atoms. The zero-order valence-corrected chi connectivity index (χ0v) is 16.6. The van der Waals surface area contributed by atoms with Crippen LogP contribution in [0.3, 0.4) is 0 Å². The first kappa shape index (κ1) is 21.3. The van der Waals surface area contributed by atoms with Gasteiger partial charge in [-0.2, -0.15) is 0 Å². The molecule has 1 aliphatic rings. The smallest absolute Gasteiger partial charge is 0.344 e. The van der Waals surface area contributed by atoms with Gasteiger partial charge in [0.05, 0.1) is 0 Å². The van der Waals surface area contributed by atoms with Crippen molar-refractivity contribution >= 4 is 23.5 Å². The Kier molecular flexibility index (Phi) is 7.00. The van der Waals surface area contributed by atoms with Crippen LogP contribution in [0.25, 0.3) is 0 Å². The van der Waals surface area contributed by atoms with Crippen LogP contribution in [0.4, 0.5) is 10.1 Å². The van der Waals surface area contributed by atoms with E-state index >= 15 is 0 Å². The lowest BCUT2D eigenvalue weighted by atomic mass is 10.0. The van der Waals surface area contributed by atoms with Gasteiger partial charge in [-0.15, -0.1) is 0 Å². The topological polar surface area (TPSA) is 93.7 Å². The van der Waals surface area contributed by atoms with Gasteiger partial charge in [0.1, 0.15) is 11.6 Å². The fraction of sp³-hybridized carbons (Fsp3) is 0.318. The highest BCUT2D eigenvalue weighted by Crippen LogP contribution is 2.26. The first-order valence-electron chi connectivity index (χ1n) is 9.68. The van der Waals surface area contributed by atoms with E-state index in [1.54, 1.807) is 30.3 Å². The first-order chi connectivity index (χ1) is 14.4. The zero-order valence-electron chi connectivity index (χ0n) is 16.6. The molecular weight excluding hydrogens is 391 g/mol. The van der Waals surface area contributed by atoms with Crippen LogP contribution in [0.15, 0.2) is 42.5 Å². The lowest BCUT2D eigenvalue weighted by molar-refractivity contribution is -0.156. The third-order valence-corrected chi connectivity index (χ3v) is 4.63. The molecule has 2 amide bonds. The van der Waals surface area contributed by atoms with E-state index in [4.69, 9.17) is 9.47 Å². The Balaban J connectivity index is 1.39. The SMILES string of the molecule is CC(OC(=O)COc1ccc2c(c1)CCC(=O)N2)C(=O)NCCc1ccc(F)cc1. The second-order valence-corrected chi connectivity index (χ2v) is 6.96. The summed E-state index contributed by atoms with van der Waals surface area (Å²) in [6, 6.07) is 11.2. The van der Waals surface area contributed by atoms with E-state index in [2.05, 4.69) is 10.6 Å². The van der Waals surface area contributed by atoms with E-state index in [-0.39, 0.29) is 18.3 Å². The molecule has 2 N–H and O–H groups in total. The Morgan fingerprint density at radius 2 is 1.93 bits per heavy atom. The number of fused-ring (bicyclic) bond motifs is 1. The summed E-state index contributed by atoms with van der Waals surface area (Å²) < 4.78 is 23.4. The number of benzene rings is 2. The fourth-order valence-electron chi connectivity index (χ4n) is 3.00. The Morgan fingerprint density at radius 3 is 2.70 bits per heavy atom. The number of rotatable bonds is 8. The average Bonchev–Trinajstić information content (AvgIpc) is 2.73. The third kappa shape index (κ3) is 6.04. The summed E-state index contributed by atoms with van der Waals surface area (Å²) in [4.78, 5) is 35.4. The Morgan fingerprint density at radius 1 is 1.17 bits per heavy atom. The van der Waals surface area contributed by atoms with E-state index in [9.17, 15) is 18.8 Å². The minimum Gasteiger partial charge on any atom is -0.482 e. The largest absolute Gasteiger partial charge is 0.482 e. The van der Waals surface area contributed by atoms with Crippen LogP contribution >= 0.6 is 0 Å². The monoisotopic (exact) mass is 414 g/mol. The van der Waals surface area contributed by atoms with Crippen molar-refractivity contribution in [1.29, 1.82) is 0 Å². The lowest BCUT2D eigenvalue weighted by Gasteiger charge is -2.18. The molecule has 0 bridgehead atoms. The van der Waals surface area contributed by atoms with Crippen molar-refractivity contribution in [2.24, 2.45) is 0 Å². The summed E-state index contributed by atoms with van der Waals surface area (Å²) in [5, 5.41) is 5.45. The van der Waals surface area contributed by atoms with Crippen molar-refractivity contribution in [3.8, 4) is 5.75 Å². The molecule has 158 valence electrons. The van der Waals surface area contributed by atoms with Crippen molar-refractivity contribution in [2.45, 2.75) is 32.3 Å². The molecular formula is C22H23FN2O5. The van der Waals surface area contributed by atoms with Gasteiger partial charge in [0.2, 0.25) is 5.91 Å². The van der Waals surface area contributed by atoms with Gasteiger partial charge < -0.3 is 20.1 Å². The van der Waals surface area contributed by atoms with Crippen LogP contribution in [-0.4, -0.2) is 37.0 Å². The van der Waals surface area contributed by atoms with Gasteiger partial charge in [0.15, 0.2) is 12.7 Å². The van der Waals surface area contributed by atoms with Crippen molar-refractivity contribution in [2.75, 3.05) is 18.5 Å². The molecule has 8 heteroatoms. The van der Waals surface area contributed by atoms with Crippen LogP contribution in [0, 0.1) is 5.82 Å². The average molecular weight is 414 g/mol. The molecule has 2 aromatic rings. The number of hydrogen-bond acceptors (Lipinski definition) is 5. The van der Waals surface area contributed by atoms with E-state index in [1.807, 2.05) is 0 Å². The van der Waals surface area contributed by atoms with Crippen molar-refractivity contribution < 1.29 is 28.2 Å². The Hall–Kier alpha value is -3.42. The number of hydrogen-bond donors (Lipinski definition) is 2. The number of anilines is 1. The van der Waals surface area contributed by atoms with Gasteiger partial charge in [-0.3, -0.25) is 9.59 Å². The minimum absolute atomic E-state index is 0.0234.